The first-order valence-electron chi connectivity index (χ1n) is 3.97. The standard InChI is InChI=1S/C10H11NO2S/c1-4-9-5-7-10(8-6-9)14(12,13)11(2)3/h1,5-8H,2-3H3. The van der Waals surface area contributed by atoms with Gasteiger partial charge in [0, 0.05) is 19.7 Å². The first-order valence-corrected chi connectivity index (χ1v) is 5.41. The summed E-state index contributed by atoms with van der Waals surface area (Å²) in [6.45, 7) is 0. The zero-order chi connectivity index (χ0) is 10.8. The van der Waals surface area contributed by atoms with E-state index < -0.39 is 10.0 Å². The van der Waals surface area contributed by atoms with Gasteiger partial charge in [-0.3, -0.25) is 0 Å². The molecule has 0 spiro atoms. The quantitative estimate of drug-likeness (QED) is 0.679. The van der Waals surface area contributed by atoms with E-state index in [1.807, 2.05) is 0 Å². The van der Waals surface area contributed by atoms with Gasteiger partial charge in [0.1, 0.15) is 0 Å². The van der Waals surface area contributed by atoms with Crippen LogP contribution in [0.4, 0.5) is 0 Å². The maximum absolute atomic E-state index is 11.6. The Hall–Kier alpha value is -1.31. The molecule has 74 valence electrons. The Balaban J connectivity index is 3.18. The van der Waals surface area contributed by atoms with Crippen LogP contribution in [0.3, 0.4) is 0 Å². The van der Waals surface area contributed by atoms with Gasteiger partial charge in [-0.2, -0.15) is 0 Å². The Bertz CT molecular complexity index is 452. The van der Waals surface area contributed by atoms with E-state index in [4.69, 9.17) is 6.42 Å². The zero-order valence-electron chi connectivity index (χ0n) is 8.06. The van der Waals surface area contributed by atoms with Crippen molar-refractivity contribution in [1.29, 1.82) is 0 Å². The summed E-state index contributed by atoms with van der Waals surface area (Å²) in [6.07, 6.45) is 5.16. The molecule has 0 aromatic heterocycles. The third kappa shape index (κ3) is 1.95. The minimum atomic E-state index is -3.34. The lowest BCUT2D eigenvalue weighted by Crippen LogP contribution is -2.22. The SMILES string of the molecule is C#Cc1ccc(S(=O)(=O)N(C)C)cc1. The first-order chi connectivity index (χ1) is 6.48. The molecule has 0 fully saturated rings. The minimum absolute atomic E-state index is 0.251. The zero-order valence-corrected chi connectivity index (χ0v) is 8.88. The Morgan fingerprint density at radius 3 is 2.07 bits per heavy atom. The number of sulfonamides is 1. The molecule has 14 heavy (non-hydrogen) atoms. The van der Waals surface area contributed by atoms with E-state index in [9.17, 15) is 8.42 Å². The summed E-state index contributed by atoms with van der Waals surface area (Å²) in [5, 5.41) is 0. The van der Waals surface area contributed by atoms with Gasteiger partial charge in [-0.05, 0) is 24.3 Å². The highest BCUT2D eigenvalue weighted by Crippen LogP contribution is 2.13. The average molecular weight is 209 g/mol. The fraction of sp³-hybridized carbons (Fsp3) is 0.200. The lowest BCUT2D eigenvalue weighted by molar-refractivity contribution is 0.521. The molecule has 1 aromatic carbocycles. The van der Waals surface area contributed by atoms with Crippen molar-refractivity contribution < 1.29 is 8.42 Å². The van der Waals surface area contributed by atoms with Crippen LogP contribution >= 0.6 is 0 Å². The summed E-state index contributed by atoms with van der Waals surface area (Å²) in [5.41, 5.74) is 0.669. The highest BCUT2D eigenvalue weighted by atomic mass is 32.2. The molecule has 0 atom stereocenters. The van der Waals surface area contributed by atoms with E-state index in [-0.39, 0.29) is 4.90 Å². The maximum Gasteiger partial charge on any atom is 0.242 e. The van der Waals surface area contributed by atoms with Crippen LogP contribution in [0.5, 0.6) is 0 Å². The largest absolute Gasteiger partial charge is 0.242 e. The van der Waals surface area contributed by atoms with Crippen molar-refractivity contribution in [2.45, 2.75) is 4.90 Å². The Morgan fingerprint density at radius 1 is 1.21 bits per heavy atom. The van der Waals surface area contributed by atoms with Crippen LogP contribution in [0, 0.1) is 12.3 Å². The molecule has 0 saturated heterocycles. The van der Waals surface area contributed by atoms with Crippen LogP contribution in [0.2, 0.25) is 0 Å². The van der Waals surface area contributed by atoms with E-state index in [0.29, 0.717) is 5.56 Å². The highest BCUT2D eigenvalue weighted by Gasteiger charge is 2.15. The summed E-state index contributed by atoms with van der Waals surface area (Å²) in [4.78, 5) is 0.251. The summed E-state index contributed by atoms with van der Waals surface area (Å²) >= 11 is 0. The highest BCUT2D eigenvalue weighted by molar-refractivity contribution is 7.89. The molecule has 1 rings (SSSR count). The number of rotatable bonds is 2. The summed E-state index contributed by atoms with van der Waals surface area (Å²) < 4.78 is 24.4. The Kier molecular flexibility index (Phi) is 2.94. The number of hydrogen-bond acceptors (Lipinski definition) is 2. The molecule has 0 heterocycles. The van der Waals surface area contributed by atoms with Crippen molar-refractivity contribution >= 4 is 10.0 Å². The summed E-state index contributed by atoms with van der Waals surface area (Å²) in [7, 11) is -0.356. The van der Waals surface area contributed by atoms with Crippen molar-refractivity contribution in [2.75, 3.05) is 14.1 Å². The minimum Gasteiger partial charge on any atom is -0.207 e. The number of hydrogen-bond donors (Lipinski definition) is 0. The van der Waals surface area contributed by atoms with Crippen LogP contribution in [-0.4, -0.2) is 26.8 Å². The van der Waals surface area contributed by atoms with Gasteiger partial charge in [0.2, 0.25) is 10.0 Å². The molecular weight excluding hydrogens is 198 g/mol. The number of terminal acetylenes is 1. The van der Waals surface area contributed by atoms with Gasteiger partial charge in [0.05, 0.1) is 4.90 Å². The smallest absolute Gasteiger partial charge is 0.207 e. The van der Waals surface area contributed by atoms with Gasteiger partial charge in [0.15, 0.2) is 0 Å². The van der Waals surface area contributed by atoms with Gasteiger partial charge >= 0.3 is 0 Å². The molecule has 1 aromatic rings. The molecule has 0 bridgehead atoms. The Labute approximate surface area is 84.4 Å². The molecule has 3 nitrogen and oxygen atoms in total. The fourth-order valence-corrected chi connectivity index (χ4v) is 1.84. The average Bonchev–Trinajstić information content (AvgIpc) is 2.17. The van der Waals surface area contributed by atoms with Gasteiger partial charge < -0.3 is 0 Å². The second-order valence-corrected chi connectivity index (χ2v) is 5.11. The van der Waals surface area contributed by atoms with Gasteiger partial charge in [-0.25, -0.2) is 12.7 Å². The molecule has 0 aliphatic rings. The molecule has 0 unspecified atom stereocenters. The third-order valence-corrected chi connectivity index (χ3v) is 3.63. The second kappa shape index (κ2) is 3.82. The van der Waals surface area contributed by atoms with Crippen molar-refractivity contribution in [3.05, 3.63) is 29.8 Å². The fourth-order valence-electron chi connectivity index (χ4n) is 0.934. The second-order valence-electron chi connectivity index (χ2n) is 2.96. The van der Waals surface area contributed by atoms with Crippen molar-refractivity contribution in [3.8, 4) is 12.3 Å². The number of nitrogens with zero attached hydrogens (tertiary/aromatic N) is 1. The monoisotopic (exact) mass is 209 g/mol. The van der Waals surface area contributed by atoms with E-state index in [2.05, 4.69) is 5.92 Å². The topological polar surface area (TPSA) is 37.4 Å². The molecule has 0 radical (unpaired) electrons. The molecule has 0 amide bonds. The van der Waals surface area contributed by atoms with Crippen molar-refractivity contribution in [2.24, 2.45) is 0 Å². The van der Waals surface area contributed by atoms with E-state index >= 15 is 0 Å². The molecule has 0 saturated carbocycles. The normalized spacial score (nSPS) is 11.3. The van der Waals surface area contributed by atoms with E-state index in [1.165, 1.54) is 26.2 Å². The van der Waals surface area contributed by atoms with Crippen molar-refractivity contribution in [3.63, 3.8) is 0 Å². The number of benzene rings is 1. The molecule has 0 aliphatic heterocycles. The lowest BCUT2D eigenvalue weighted by atomic mass is 10.2. The van der Waals surface area contributed by atoms with Crippen molar-refractivity contribution in [1.82, 2.24) is 4.31 Å². The molecule has 0 aliphatic carbocycles. The van der Waals surface area contributed by atoms with Crippen LogP contribution in [0.25, 0.3) is 0 Å². The maximum atomic E-state index is 11.6. The van der Waals surface area contributed by atoms with Crippen LogP contribution in [-0.2, 0) is 10.0 Å². The Morgan fingerprint density at radius 2 is 1.71 bits per heavy atom. The van der Waals surface area contributed by atoms with Gasteiger partial charge in [-0.15, -0.1) is 6.42 Å². The lowest BCUT2D eigenvalue weighted by Gasteiger charge is -2.10. The molecular formula is C10H11NO2S. The van der Waals surface area contributed by atoms with Crippen LogP contribution < -0.4 is 0 Å². The first kappa shape index (κ1) is 10.8. The predicted molar refractivity (Wildman–Crippen MR) is 55.2 cm³/mol. The van der Waals surface area contributed by atoms with Gasteiger partial charge in [-0.1, -0.05) is 5.92 Å². The van der Waals surface area contributed by atoms with E-state index in [0.717, 1.165) is 4.31 Å². The summed E-state index contributed by atoms with van der Waals surface area (Å²) in [5.74, 6) is 2.43. The predicted octanol–water partition coefficient (Wildman–Crippen LogP) is 0.918. The third-order valence-electron chi connectivity index (χ3n) is 1.80. The van der Waals surface area contributed by atoms with Crippen LogP contribution in [0.15, 0.2) is 29.2 Å². The summed E-state index contributed by atoms with van der Waals surface area (Å²) in [6, 6.07) is 6.22. The molecule has 4 heteroatoms. The van der Waals surface area contributed by atoms with Gasteiger partial charge in [0.25, 0.3) is 0 Å². The van der Waals surface area contributed by atoms with E-state index in [1.54, 1.807) is 12.1 Å². The van der Waals surface area contributed by atoms with Crippen LogP contribution in [0.1, 0.15) is 5.56 Å². The molecule has 0 N–H and O–H groups in total.